The van der Waals surface area contributed by atoms with E-state index in [2.05, 4.69) is 4.31 Å². The van der Waals surface area contributed by atoms with Gasteiger partial charge in [0.15, 0.2) is 0 Å². The van der Waals surface area contributed by atoms with Gasteiger partial charge in [0, 0.05) is 0 Å². The second-order valence-electron chi connectivity index (χ2n) is 0.634. The summed E-state index contributed by atoms with van der Waals surface area (Å²) in [6.45, 7) is 0. The molecule has 0 aliphatic rings. The fourth-order valence-electron chi connectivity index (χ4n) is 0.0747. The predicted octanol–water partition coefficient (Wildman–Crippen LogP) is -1.06. The number of rotatable bonds is 2. The fourth-order valence-corrected chi connectivity index (χ4v) is 0.672. The van der Waals surface area contributed by atoms with Gasteiger partial charge in [-0.2, -0.15) is 0 Å². The van der Waals surface area contributed by atoms with Gasteiger partial charge in [0.1, 0.15) is 0 Å². The molecule has 0 aromatic heterocycles. The first-order valence-electron chi connectivity index (χ1n) is 1.26. The van der Waals surface area contributed by atoms with Gasteiger partial charge in [0.2, 0.25) is 0 Å². The standard InChI is InChI=1S/H4O5P2.H2O/c1-6(2)5-7(3)4;/h6-7H,(H,1,2)(H,3,4);1H2. The highest BCUT2D eigenvalue weighted by Gasteiger charge is 1.93. The van der Waals surface area contributed by atoms with Gasteiger partial charge in [-0.1, -0.05) is 0 Å². The summed E-state index contributed by atoms with van der Waals surface area (Å²) in [6.07, 6.45) is 0. The zero-order valence-electron chi connectivity index (χ0n) is 3.62. The molecule has 0 bridgehead atoms. The summed E-state index contributed by atoms with van der Waals surface area (Å²) in [7, 11) is -6.40. The van der Waals surface area contributed by atoms with Crippen molar-refractivity contribution in [3.8, 4) is 0 Å². The van der Waals surface area contributed by atoms with Crippen LogP contribution in [0.4, 0.5) is 0 Å². The van der Waals surface area contributed by atoms with Gasteiger partial charge >= 0.3 is 16.5 Å². The van der Waals surface area contributed by atoms with Crippen molar-refractivity contribution in [2.45, 2.75) is 0 Å². The van der Waals surface area contributed by atoms with Crippen molar-refractivity contribution in [3.63, 3.8) is 0 Å². The van der Waals surface area contributed by atoms with Crippen LogP contribution in [0, 0.1) is 0 Å². The Morgan fingerprint density at radius 3 is 1.38 bits per heavy atom. The lowest BCUT2D eigenvalue weighted by atomic mass is 15.8. The molecule has 0 aliphatic heterocycles. The van der Waals surface area contributed by atoms with E-state index in [0.717, 1.165) is 0 Å². The largest absolute Gasteiger partial charge is 0.412 e. The summed E-state index contributed by atoms with van der Waals surface area (Å²) in [6, 6.07) is 0. The molecule has 0 aliphatic carbocycles. The molecule has 8 heavy (non-hydrogen) atoms. The average Bonchev–Trinajstić information content (AvgIpc) is 1.27. The fraction of sp³-hybridized carbons (Fsp3) is 0. The van der Waals surface area contributed by atoms with Gasteiger partial charge in [-0.05, 0) is 0 Å². The predicted molar refractivity (Wildman–Crippen MR) is 27.1 cm³/mol. The topological polar surface area (TPSA) is 115 Å². The minimum atomic E-state index is -3.20. The zero-order valence-corrected chi connectivity index (χ0v) is 5.62. The van der Waals surface area contributed by atoms with E-state index in [9.17, 15) is 9.13 Å². The third-order valence-electron chi connectivity index (χ3n) is 0.175. The number of hydrogen-bond acceptors (Lipinski definition) is 3. The van der Waals surface area contributed by atoms with E-state index in [1.54, 1.807) is 0 Å². The van der Waals surface area contributed by atoms with E-state index in [0.29, 0.717) is 0 Å². The summed E-state index contributed by atoms with van der Waals surface area (Å²) in [5.41, 5.74) is 0. The summed E-state index contributed by atoms with van der Waals surface area (Å²) in [4.78, 5) is 15.4. The van der Waals surface area contributed by atoms with E-state index in [1.807, 2.05) is 0 Å². The Balaban J connectivity index is 0. The molecule has 0 aromatic rings. The Morgan fingerprint density at radius 1 is 1.12 bits per heavy atom. The quantitative estimate of drug-likeness (QED) is 0.504. The molecule has 52 valence electrons. The molecular weight excluding hydrogens is 158 g/mol. The molecular formula is H6O6P2. The second kappa shape index (κ2) is 5.44. The highest BCUT2D eigenvalue weighted by atomic mass is 31.2. The number of hydrogen-bond donors (Lipinski definition) is 2. The summed E-state index contributed by atoms with van der Waals surface area (Å²) in [5.74, 6) is 0. The first-order valence-corrected chi connectivity index (χ1v) is 3.79. The molecule has 0 spiro atoms. The monoisotopic (exact) mass is 164 g/mol. The van der Waals surface area contributed by atoms with Crippen molar-refractivity contribution < 1.29 is 28.7 Å². The third kappa shape index (κ3) is 9.57. The second-order valence-corrected chi connectivity index (χ2v) is 2.51. The van der Waals surface area contributed by atoms with Crippen molar-refractivity contribution in [2.75, 3.05) is 0 Å². The van der Waals surface area contributed by atoms with Gasteiger partial charge in [-0.25, -0.2) is 4.31 Å². The van der Waals surface area contributed by atoms with Gasteiger partial charge in [-0.15, -0.1) is 0 Å². The summed E-state index contributed by atoms with van der Waals surface area (Å²) < 4.78 is 22.3. The maximum atomic E-state index is 9.44. The molecule has 0 rings (SSSR count). The Hall–Kier alpha value is 0.300. The van der Waals surface area contributed by atoms with Crippen LogP contribution in [-0.4, -0.2) is 15.3 Å². The Labute approximate surface area is 46.3 Å². The molecule has 0 amide bonds. The van der Waals surface area contributed by atoms with E-state index in [4.69, 9.17) is 9.79 Å². The van der Waals surface area contributed by atoms with Gasteiger partial charge in [0.05, 0.1) is 0 Å². The van der Waals surface area contributed by atoms with E-state index in [-0.39, 0.29) is 5.48 Å². The third-order valence-corrected chi connectivity index (χ3v) is 1.57. The molecule has 0 heterocycles. The van der Waals surface area contributed by atoms with Crippen LogP contribution < -0.4 is 0 Å². The van der Waals surface area contributed by atoms with Gasteiger partial charge in [-0.3, -0.25) is 9.13 Å². The molecule has 0 aromatic carbocycles. The smallest absolute Gasteiger partial charge is 0.323 e. The van der Waals surface area contributed by atoms with Crippen LogP contribution >= 0.6 is 16.5 Å². The van der Waals surface area contributed by atoms with Crippen LogP contribution in [0.15, 0.2) is 0 Å². The molecule has 4 N–H and O–H groups in total. The average molecular weight is 164 g/mol. The van der Waals surface area contributed by atoms with Crippen molar-refractivity contribution >= 4 is 16.5 Å². The first-order chi connectivity index (χ1) is 3.13. The normalized spacial score (nSPS) is 16.2. The summed E-state index contributed by atoms with van der Waals surface area (Å²) >= 11 is 0. The Morgan fingerprint density at radius 2 is 1.38 bits per heavy atom. The highest BCUT2D eigenvalue weighted by molar-refractivity contribution is 7.46. The molecule has 6 nitrogen and oxygen atoms in total. The molecule has 0 saturated carbocycles. The van der Waals surface area contributed by atoms with E-state index < -0.39 is 16.5 Å². The van der Waals surface area contributed by atoms with Crippen LogP contribution in [0.5, 0.6) is 0 Å². The SMILES string of the molecule is O.O=[PH](O)O[PH](=O)O. The highest BCUT2D eigenvalue weighted by Crippen LogP contribution is 2.30. The molecule has 0 saturated heterocycles. The molecule has 2 unspecified atom stereocenters. The van der Waals surface area contributed by atoms with E-state index >= 15 is 0 Å². The van der Waals surface area contributed by atoms with Crippen LogP contribution in [-0.2, 0) is 13.4 Å². The minimum absolute atomic E-state index is 0. The molecule has 0 fully saturated rings. The Bertz CT molecular complexity index is 82.7. The lowest BCUT2D eigenvalue weighted by molar-refractivity contribution is 0.371. The lowest BCUT2D eigenvalue weighted by Gasteiger charge is -1.86. The van der Waals surface area contributed by atoms with Crippen molar-refractivity contribution in [1.82, 2.24) is 0 Å². The van der Waals surface area contributed by atoms with Crippen LogP contribution in [0.1, 0.15) is 0 Å². The zero-order chi connectivity index (χ0) is 5.86. The van der Waals surface area contributed by atoms with Gasteiger partial charge < -0.3 is 15.3 Å². The van der Waals surface area contributed by atoms with Crippen LogP contribution in [0.2, 0.25) is 0 Å². The van der Waals surface area contributed by atoms with E-state index in [1.165, 1.54) is 0 Å². The first kappa shape index (κ1) is 11.1. The molecule has 8 heteroatoms. The van der Waals surface area contributed by atoms with Crippen molar-refractivity contribution in [2.24, 2.45) is 0 Å². The lowest BCUT2D eigenvalue weighted by Crippen LogP contribution is -1.58. The molecule has 2 atom stereocenters. The maximum absolute atomic E-state index is 9.44. The van der Waals surface area contributed by atoms with Crippen LogP contribution in [0.3, 0.4) is 0 Å². The summed E-state index contributed by atoms with van der Waals surface area (Å²) in [5, 5.41) is 0. The molecule has 0 radical (unpaired) electrons. The van der Waals surface area contributed by atoms with Crippen molar-refractivity contribution in [1.29, 1.82) is 0 Å². The van der Waals surface area contributed by atoms with Gasteiger partial charge in [0.25, 0.3) is 0 Å². The minimum Gasteiger partial charge on any atom is -0.412 e. The van der Waals surface area contributed by atoms with Crippen molar-refractivity contribution in [3.05, 3.63) is 0 Å². The Kier molecular flexibility index (Phi) is 7.57. The van der Waals surface area contributed by atoms with Crippen LogP contribution in [0.25, 0.3) is 0 Å². The maximum Gasteiger partial charge on any atom is 0.323 e.